The smallest absolute Gasteiger partial charge is 0.308 e. The van der Waals surface area contributed by atoms with E-state index in [0.717, 1.165) is 22.5 Å². The van der Waals surface area contributed by atoms with Crippen LogP contribution >= 0.6 is 0 Å². The summed E-state index contributed by atoms with van der Waals surface area (Å²) in [4.78, 5) is 23.8. The number of amides is 3. The standard InChI is InChI=1S/C20H22N4O2/c1-13-6-4-8-15(10-13)21-19(26)22-16-9-5-7-14(11-16)18-20(2,3)12-17(25)23-24-18/h4-11H,12H2,1-3H3,(H,23,25)(H2,21,22,26). The molecule has 3 amide bonds. The molecule has 3 N–H and O–H groups in total. The summed E-state index contributed by atoms with van der Waals surface area (Å²) in [7, 11) is 0. The number of hydrogen-bond donors (Lipinski definition) is 3. The quantitative estimate of drug-likeness (QED) is 0.785. The fraction of sp³-hybridized carbons (Fsp3) is 0.250. The Morgan fingerprint density at radius 1 is 1.08 bits per heavy atom. The van der Waals surface area contributed by atoms with E-state index in [9.17, 15) is 9.59 Å². The van der Waals surface area contributed by atoms with Gasteiger partial charge in [0.25, 0.3) is 0 Å². The van der Waals surface area contributed by atoms with Gasteiger partial charge in [0, 0.05) is 28.8 Å². The summed E-state index contributed by atoms with van der Waals surface area (Å²) in [6.07, 6.45) is 0.372. The first-order valence-electron chi connectivity index (χ1n) is 8.46. The zero-order valence-electron chi connectivity index (χ0n) is 15.1. The molecular formula is C20H22N4O2. The Kier molecular flexibility index (Phi) is 4.75. The third-order valence-electron chi connectivity index (χ3n) is 4.21. The number of hydrazone groups is 1. The molecular weight excluding hydrogens is 328 g/mol. The maximum absolute atomic E-state index is 12.2. The molecule has 26 heavy (non-hydrogen) atoms. The molecule has 0 radical (unpaired) electrons. The van der Waals surface area contributed by atoms with Crippen LogP contribution in [0.3, 0.4) is 0 Å². The van der Waals surface area contributed by atoms with Crippen LogP contribution in [-0.2, 0) is 4.79 Å². The van der Waals surface area contributed by atoms with Gasteiger partial charge in [-0.1, -0.05) is 38.1 Å². The minimum Gasteiger partial charge on any atom is -0.308 e. The third-order valence-corrected chi connectivity index (χ3v) is 4.21. The van der Waals surface area contributed by atoms with Crippen molar-refractivity contribution in [2.45, 2.75) is 27.2 Å². The van der Waals surface area contributed by atoms with Gasteiger partial charge in [-0.05, 0) is 36.8 Å². The van der Waals surface area contributed by atoms with Gasteiger partial charge in [-0.25, -0.2) is 10.2 Å². The fourth-order valence-electron chi connectivity index (χ4n) is 3.01. The Morgan fingerprint density at radius 2 is 1.73 bits per heavy atom. The molecule has 3 rings (SSSR count). The number of carbonyl (C=O) groups is 2. The third kappa shape index (κ3) is 4.08. The molecule has 1 aliphatic rings. The first-order valence-corrected chi connectivity index (χ1v) is 8.46. The highest BCUT2D eigenvalue weighted by atomic mass is 16.2. The highest BCUT2D eigenvalue weighted by Crippen LogP contribution is 2.30. The molecule has 2 aromatic rings. The number of anilines is 2. The van der Waals surface area contributed by atoms with Crippen molar-refractivity contribution in [2.75, 3.05) is 10.6 Å². The van der Waals surface area contributed by atoms with Crippen molar-refractivity contribution in [1.29, 1.82) is 0 Å². The van der Waals surface area contributed by atoms with Crippen molar-refractivity contribution >= 4 is 29.0 Å². The molecule has 134 valence electrons. The molecule has 0 saturated heterocycles. The van der Waals surface area contributed by atoms with Crippen molar-refractivity contribution in [1.82, 2.24) is 5.43 Å². The Hall–Kier alpha value is -3.15. The number of nitrogens with zero attached hydrogens (tertiary/aromatic N) is 1. The molecule has 1 aliphatic heterocycles. The normalized spacial score (nSPS) is 15.7. The second-order valence-corrected chi connectivity index (χ2v) is 7.09. The fourth-order valence-corrected chi connectivity index (χ4v) is 3.01. The average molecular weight is 350 g/mol. The summed E-state index contributed by atoms with van der Waals surface area (Å²) in [6.45, 7) is 5.93. The van der Waals surface area contributed by atoms with Crippen LogP contribution in [0.1, 0.15) is 31.4 Å². The Labute approximate surface area is 152 Å². The van der Waals surface area contributed by atoms with E-state index in [-0.39, 0.29) is 17.4 Å². The van der Waals surface area contributed by atoms with Crippen molar-refractivity contribution < 1.29 is 9.59 Å². The summed E-state index contributed by atoms with van der Waals surface area (Å²) in [6, 6.07) is 14.7. The number of urea groups is 1. The minimum absolute atomic E-state index is 0.0921. The predicted octanol–water partition coefficient (Wildman–Crippen LogP) is 3.89. The number of hydrogen-bond acceptors (Lipinski definition) is 3. The summed E-state index contributed by atoms with van der Waals surface area (Å²) in [5, 5.41) is 9.87. The van der Waals surface area contributed by atoms with Crippen LogP contribution in [-0.4, -0.2) is 17.6 Å². The Balaban J connectivity index is 1.75. The van der Waals surface area contributed by atoms with Crippen LogP contribution in [0, 0.1) is 12.3 Å². The number of aryl methyl sites for hydroxylation is 1. The lowest BCUT2D eigenvalue weighted by atomic mass is 9.79. The van der Waals surface area contributed by atoms with E-state index in [2.05, 4.69) is 21.2 Å². The molecule has 6 heteroatoms. The second-order valence-electron chi connectivity index (χ2n) is 7.09. The van der Waals surface area contributed by atoms with E-state index in [0.29, 0.717) is 12.1 Å². The molecule has 0 aliphatic carbocycles. The van der Waals surface area contributed by atoms with Crippen LogP contribution < -0.4 is 16.1 Å². The average Bonchev–Trinajstić information content (AvgIpc) is 2.54. The van der Waals surface area contributed by atoms with Crippen LogP contribution in [0.25, 0.3) is 0 Å². The zero-order valence-corrected chi connectivity index (χ0v) is 15.1. The van der Waals surface area contributed by atoms with E-state index >= 15 is 0 Å². The van der Waals surface area contributed by atoms with Gasteiger partial charge in [0.1, 0.15) is 0 Å². The molecule has 0 saturated carbocycles. The van der Waals surface area contributed by atoms with Gasteiger partial charge in [0.15, 0.2) is 0 Å². The molecule has 2 aromatic carbocycles. The SMILES string of the molecule is Cc1cccc(NC(=O)Nc2cccc(C3=NNC(=O)CC3(C)C)c2)c1. The maximum atomic E-state index is 12.2. The summed E-state index contributed by atoms with van der Waals surface area (Å²) >= 11 is 0. The lowest BCUT2D eigenvalue weighted by Crippen LogP contribution is -2.39. The van der Waals surface area contributed by atoms with Gasteiger partial charge >= 0.3 is 6.03 Å². The summed E-state index contributed by atoms with van der Waals surface area (Å²) in [5.41, 5.74) is 6.28. The molecule has 0 spiro atoms. The van der Waals surface area contributed by atoms with E-state index in [4.69, 9.17) is 0 Å². The van der Waals surface area contributed by atoms with Crippen molar-refractivity contribution in [3.8, 4) is 0 Å². The molecule has 0 atom stereocenters. The number of nitrogens with one attached hydrogen (secondary N) is 3. The molecule has 6 nitrogen and oxygen atoms in total. The van der Waals surface area contributed by atoms with Crippen LogP contribution in [0.5, 0.6) is 0 Å². The van der Waals surface area contributed by atoms with Crippen molar-refractivity contribution in [3.63, 3.8) is 0 Å². The number of rotatable bonds is 3. The maximum Gasteiger partial charge on any atom is 0.323 e. The van der Waals surface area contributed by atoms with Crippen molar-refractivity contribution in [2.24, 2.45) is 10.5 Å². The highest BCUT2D eigenvalue weighted by molar-refractivity contribution is 6.09. The van der Waals surface area contributed by atoms with Gasteiger partial charge in [0.05, 0.1) is 5.71 Å². The number of benzene rings is 2. The summed E-state index contributed by atoms with van der Waals surface area (Å²) in [5.74, 6) is -0.0921. The lowest BCUT2D eigenvalue weighted by Gasteiger charge is -2.29. The molecule has 0 unspecified atom stereocenters. The van der Waals surface area contributed by atoms with Crippen LogP contribution in [0.4, 0.5) is 16.2 Å². The second kappa shape index (κ2) is 7.00. The van der Waals surface area contributed by atoms with Crippen molar-refractivity contribution in [3.05, 3.63) is 59.7 Å². The zero-order chi connectivity index (χ0) is 18.7. The van der Waals surface area contributed by atoms with Gasteiger partial charge in [0.2, 0.25) is 5.91 Å². The Morgan fingerprint density at radius 3 is 2.38 bits per heavy atom. The largest absolute Gasteiger partial charge is 0.323 e. The number of carbonyl (C=O) groups excluding carboxylic acids is 2. The predicted molar refractivity (Wildman–Crippen MR) is 103 cm³/mol. The first-order chi connectivity index (χ1) is 12.3. The summed E-state index contributed by atoms with van der Waals surface area (Å²) < 4.78 is 0. The van der Waals surface area contributed by atoms with E-state index < -0.39 is 0 Å². The lowest BCUT2D eigenvalue weighted by molar-refractivity contribution is -0.122. The monoisotopic (exact) mass is 350 g/mol. The minimum atomic E-state index is -0.370. The molecule has 0 fully saturated rings. The molecule has 0 bridgehead atoms. The first kappa shape index (κ1) is 17.7. The molecule has 1 heterocycles. The van der Waals surface area contributed by atoms with Gasteiger partial charge < -0.3 is 10.6 Å². The van der Waals surface area contributed by atoms with Gasteiger partial charge in [-0.15, -0.1) is 0 Å². The van der Waals surface area contributed by atoms with E-state index in [1.807, 2.05) is 69.3 Å². The molecule has 0 aromatic heterocycles. The highest BCUT2D eigenvalue weighted by Gasteiger charge is 2.33. The van der Waals surface area contributed by atoms with E-state index in [1.54, 1.807) is 0 Å². The topological polar surface area (TPSA) is 82.6 Å². The van der Waals surface area contributed by atoms with Crippen LogP contribution in [0.15, 0.2) is 53.6 Å². The Bertz CT molecular complexity index is 887. The van der Waals surface area contributed by atoms with Gasteiger partial charge in [-0.2, -0.15) is 5.10 Å². The van der Waals surface area contributed by atoms with Crippen LogP contribution in [0.2, 0.25) is 0 Å². The van der Waals surface area contributed by atoms with Gasteiger partial charge in [-0.3, -0.25) is 4.79 Å². The van der Waals surface area contributed by atoms with E-state index in [1.165, 1.54) is 0 Å².